The Balaban J connectivity index is 2.04. The molecule has 0 radical (unpaired) electrons. The minimum absolute atomic E-state index is 0.0499. The van der Waals surface area contributed by atoms with Gasteiger partial charge < -0.3 is 19.5 Å². The molecule has 0 saturated carbocycles. The Morgan fingerprint density at radius 1 is 1.26 bits per heavy atom. The van der Waals surface area contributed by atoms with E-state index in [9.17, 15) is 19.5 Å². The molecule has 9 heteroatoms. The fourth-order valence-electron chi connectivity index (χ4n) is 3.27. The quantitative estimate of drug-likeness (QED) is 0.802. The third-order valence-electron chi connectivity index (χ3n) is 4.53. The monoisotopic (exact) mass is 373 g/mol. The Morgan fingerprint density at radius 3 is 2.56 bits per heavy atom. The minimum atomic E-state index is -1.03. The zero-order chi connectivity index (χ0) is 19.6. The molecular formula is C18H19N3O6. The summed E-state index contributed by atoms with van der Waals surface area (Å²) in [5.74, 6) is -0.469. The minimum Gasteiger partial charge on any atom is -0.493 e. The van der Waals surface area contributed by atoms with E-state index in [2.05, 4.69) is 10.2 Å². The molecule has 0 fully saturated rings. The number of hydrogen-bond acceptors (Lipinski definition) is 6. The third-order valence-corrected chi connectivity index (χ3v) is 4.53. The van der Waals surface area contributed by atoms with Crippen molar-refractivity contribution in [2.24, 2.45) is 0 Å². The van der Waals surface area contributed by atoms with Crippen molar-refractivity contribution in [2.75, 3.05) is 20.8 Å². The molecule has 1 aromatic carbocycles. The number of amides is 1. The van der Waals surface area contributed by atoms with Gasteiger partial charge in [-0.15, -0.1) is 0 Å². The van der Waals surface area contributed by atoms with Crippen LogP contribution in [0.3, 0.4) is 0 Å². The molecule has 1 aliphatic rings. The summed E-state index contributed by atoms with van der Waals surface area (Å²) in [6.45, 7) is 0.320. The van der Waals surface area contributed by atoms with Crippen LogP contribution in [-0.4, -0.2) is 52.8 Å². The number of aromatic amines is 1. The average Bonchev–Trinajstić information content (AvgIpc) is 2.66. The van der Waals surface area contributed by atoms with Gasteiger partial charge in [0.2, 0.25) is 0 Å². The van der Waals surface area contributed by atoms with E-state index in [1.807, 2.05) is 6.07 Å². The lowest BCUT2D eigenvalue weighted by atomic mass is 9.89. The molecule has 1 unspecified atom stereocenters. The number of nitrogens with one attached hydrogen (secondary N) is 1. The van der Waals surface area contributed by atoms with Gasteiger partial charge in [0, 0.05) is 12.6 Å². The van der Waals surface area contributed by atoms with Crippen LogP contribution in [0.25, 0.3) is 0 Å². The van der Waals surface area contributed by atoms with Gasteiger partial charge in [0.05, 0.1) is 26.7 Å². The van der Waals surface area contributed by atoms with Crippen LogP contribution in [0.4, 0.5) is 0 Å². The van der Waals surface area contributed by atoms with Crippen LogP contribution in [0.2, 0.25) is 0 Å². The number of aliphatic carboxylic acids is 1. The molecule has 9 nitrogen and oxygen atoms in total. The first-order valence-corrected chi connectivity index (χ1v) is 8.28. The molecule has 27 heavy (non-hydrogen) atoms. The van der Waals surface area contributed by atoms with Gasteiger partial charge in [-0.25, -0.2) is 5.10 Å². The normalized spacial score (nSPS) is 15.8. The highest BCUT2D eigenvalue weighted by atomic mass is 16.5. The van der Waals surface area contributed by atoms with Crippen LogP contribution < -0.4 is 15.0 Å². The van der Waals surface area contributed by atoms with Crippen LogP contribution in [0.15, 0.2) is 29.1 Å². The van der Waals surface area contributed by atoms with Crippen LogP contribution in [0.1, 0.15) is 34.1 Å². The predicted molar refractivity (Wildman–Crippen MR) is 94.1 cm³/mol. The number of rotatable bonds is 5. The number of carbonyl (C=O) groups is 2. The van der Waals surface area contributed by atoms with Gasteiger partial charge in [0.25, 0.3) is 11.5 Å². The van der Waals surface area contributed by atoms with E-state index in [0.29, 0.717) is 30.0 Å². The summed E-state index contributed by atoms with van der Waals surface area (Å²) in [5, 5.41) is 15.4. The number of methoxy groups -OCH3 is 2. The number of aromatic nitrogens is 2. The molecule has 2 aromatic rings. The topological polar surface area (TPSA) is 122 Å². The van der Waals surface area contributed by atoms with Crippen molar-refractivity contribution in [1.82, 2.24) is 15.1 Å². The molecule has 1 amide bonds. The molecule has 0 bridgehead atoms. The number of H-pyrrole nitrogens is 1. The Kier molecular flexibility index (Phi) is 5.11. The van der Waals surface area contributed by atoms with E-state index < -0.39 is 23.5 Å². The van der Waals surface area contributed by atoms with Gasteiger partial charge >= 0.3 is 5.97 Å². The smallest absolute Gasteiger partial charge is 0.305 e. The zero-order valence-electron chi connectivity index (χ0n) is 14.9. The summed E-state index contributed by atoms with van der Waals surface area (Å²) >= 11 is 0. The lowest BCUT2D eigenvalue weighted by molar-refractivity contribution is -0.138. The van der Waals surface area contributed by atoms with Crippen molar-refractivity contribution in [3.63, 3.8) is 0 Å². The van der Waals surface area contributed by atoms with Gasteiger partial charge in [0.15, 0.2) is 11.5 Å². The molecule has 2 heterocycles. The van der Waals surface area contributed by atoms with Crippen LogP contribution in [-0.2, 0) is 11.2 Å². The number of carboxylic acid groups (broad SMARTS) is 1. The maximum Gasteiger partial charge on any atom is 0.305 e. The first kappa shape index (κ1) is 18.4. The average molecular weight is 373 g/mol. The van der Waals surface area contributed by atoms with Crippen LogP contribution >= 0.6 is 0 Å². The van der Waals surface area contributed by atoms with Crippen molar-refractivity contribution in [1.29, 1.82) is 0 Å². The van der Waals surface area contributed by atoms with E-state index in [1.165, 1.54) is 31.3 Å². The lowest BCUT2D eigenvalue weighted by Gasteiger charge is -2.37. The molecule has 1 atom stereocenters. The summed E-state index contributed by atoms with van der Waals surface area (Å²) < 4.78 is 10.6. The molecule has 1 aliphatic heterocycles. The predicted octanol–water partition coefficient (Wildman–Crippen LogP) is 1.00. The summed E-state index contributed by atoms with van der Waals surface area (Å²) in [4.78, 5) is 37.0. The molecule has 142 valence electrons. The van der Waals surface area contributed by atoms with E-state index in [0.717, 1.165) is 5.56 Å². The second-order valence-electron chi connectivity index (χ2n) is 6.07. The number of fused-ring (bicyclic) bond motifs is 1. The van der Waals surface area contributed by atoms with E-state index in [-0.39, 0.29) is 12.1 Å². The molecule has 0 spiro atoms. The molecule has 2 N–H and O–H groups in total. The second kappa shape index (κ2) is 7.48. The standard InChI is InChI=1S/C18H19N3O6/c1-26-14-7-10-5-6-21(18(25)12-3-4-16(22)20-19-12)13(9-17(23)24)11(10)8-15(14)27-2/h3-4,7-8,13H,5-6,9H2,1-2H3,(H,20,22)(H,23,24). The second-order valence-corrected chi connectivity index (χ2v) is 6.07. The van der Waals surface area contributed by atoms with Gasteiger partial charge in [-0.1, -0.05) is 0 Å². The fraction of sp³-hybridized carbons (Fsp3) is 0.333. The summed E-state index contributed by atoms with van der Waals surface area (Å²) in [7, 11) is 3.02. The van der Waals surface area contributed by atoms with Gasteiger partial charge in [-0.05, 0) is 35.7 Å². The largest absolute Gasteiger partial charge is 0.493 e. The molecule has 0 saturated heterocycles. The van der Waals surface area contributed by atoms with Crippen molar-refractivity contribution in [2.45, 2.75) is 18.9 Å². The van der Waals surface area contributed by atoms with Crippen molar-refractivity contribution in [3.8, 4) is 11.5 Å². The highest BCUT2D eigenvalue weighted by molar-refractivity contribution is 5.93. The molecule has 3 rings (SSSR count). The molecule has 0 aliphatic carbocycles. The number of carbonyl (C=O) groups excluding carboxylic acids is 1. The molecule has 1 aromatic heterocycles. The summed E-state index contributed by atoms with van der Waals surface area (Å²) in [6, 6.07) is 5.36. The summed E-state index contributed by atoms with van der Waals surface area (Å²) in [6.07, 6.45) is 0.262. The maximum absolute atomic E-state index is 12.9. The SMILES string of the molecule is COc1cc2c(cc1OC)C(CC(=O)O)N(C(=O)c1ccc(=O)[nH]n1)CC2. The number of nitrogens with zero attached hydrogens (tertiary/aromatic N) is 2. The van der Waals surface area contributed by atoms with Crippen molar-refractivity contribution in [3.05, 3.63) is 51.4 Å². The van der Waals surface area contributed by atoms with Crippen LogP contribution in [0, 0.1) is 0 Å². The van der Waals surface area contributed by atoms with Crippen molar-refractivity contribution < 1.29 is 24.2 Å². The lowest BCUT2D eigenvalue weighted by Crippen LogP contribution is -2.41. The number of ether oxygens (including phenoxy) is 2. The Bertz CT molecular complexity index is 919. The number of carboxylic acids is 1. The highest BCUT2D eigenvalue weighted by Gasteiger charge is 2.34. The van der Waals surface area contributed by atoms with Gasteiger partial charge in [0.1, 0.15) is 5.69 Å². The summed E-state index contributed by atoms with van der Waals surface area (Å²) in [5.41, 5.74) is 1.22. The Morgan fingerprint density at radius 2 is 1.96 bits per heavy atom. The first-order valence-electron chi connectivity index (χ1n) is 8.28. The third kappa shape index (κ3) is 3.62. The first-order chi connectivity index (χ1) is 12.9. The van der Waals surface area contributed by atoms with Gasteiger partial charge in [-0.3, -0.25) is 14.4 Å². The Labute approximate surface area is 154 Å². The van der Waals surface area contributed by atoms with E-state index in [4.69, 9.17) is 9.47 Å². The fourth-order valence-corrected chi connectivity index (χ4v) is 3.27. The maximum atomic E-state index is 12.9. The zero-order valence-corrected chi connectivity index (χ0v) is 14.9. The molecular weight excluding hydrogens is 354 g/mol. The van der Waals surface area contributed by atoms with E-state index in [1.54, 1.807) is 6.07 Å². The van der Waals surface area contributed by atoms with E-state index >= 15 is 0 Å². The number of benzene rings is 1. The number of hydrogen-bond donors (Lipinski definition) is 2. The Hall–Kier alpha value is -3.36. The van der Waals surface area contributed by atoms with Crippen molar-refractivity contribution >= 4 is 11.9 Å². The van der Waals surface area contributed by atoms with Crippen LogP contribution in [0.5, 0.6) is 11.5 Å². The van der Waals surface area contributed by atoms with Gasteiger partial charge in [-0.2, -0.15) is 5.10 Å². The highest BCUT2D eigenvalue weighted by Crippen LogP contribution is 2.39.